The Hall–Kier alpha value is -1.44. The Morgan fingerprint density at radius 1 is 1.10 bits per heavy atom. The van der Waals surface area contributed by atoms with Crippen LogP contribution in [0.5, 0.6) is 0 Å². The van der Waals surface area contributed by atoms with Crippen molar-refractivity contribution in [2.75, 3.05) is 4.72 Å². The Bertz CT molecular complexity index is 733. The molecule has 0 fully saturated rings. The van der Waals surface area contributed by atoms with Crippen LogP contribution in [0.3, 0.4) is 0 Å². The average Bonchev–Trinajstić information content (AvgIpc) is 2.43. The Morgan fingerprint density at radius 3 is 2.29 bits per heavy atom. The summed E-state index contributed by atoms with van der Waals surface area (Å²) in [6.07, 6.45) is 0. The lowest BCUT2D eigenvalue weighted by atomic mass is 10.1. The number of hydrogen-bond donors (Lipinski definition) is 2. The van der Waals surface area contributed by atoms with Gasteiger partial charge < -0.3 is 5.73 Å². The van der Waals surface area contributed by atoms with Gasteiger partial charge in [0.25, 0.3) is 0 Å². The van der Waals surface area contributed by atoms with Crippen molar-refractivity contribution in [1.82, 2.24) is 0 Å². The van der Waals surface area contributed by atoms with Crippen molar-refractivity contribution in [2.24, 2.45) is 5.73 Å². The zero-order valence-electron chi connectivity index (χ0n) is 11.0. The number of hydrogen-bond acceptors (Lipinski definition) is 3. The van der Waals surface area contributed by atoms with Crippen LogP contribution in [0.2, 0.25) is 0 Å². The standard InChI is InChI=1S/C14H14BrFN2O2S/c15-13-7-12(5-6-14(13)16)18-21(19,20)9-11-3-1-10(8-17)2-4-11/h1-7,18H,8-9,17H2. The molecular weight excluding hydrogens is 359 g/mol. The van der Waals surface area contributed by atoms with E-state index in [0.717, 1.165) is 5.56 Å². The van der Waals surface area contributed by atoms with Crippen LogP contribution in [0.25, 0.3) is 0 Å². The summed E-state index contributed by atoms with van der Waals surface area (Å²) in [5, 5.41) is 0. The van der Waals surface area contributed by atoms with Crippen molar-refractivity contribution in [1.29, 1.82) is 0 Å². The van der Waals surface area contributed by atoms with Gasteiger partial charge in [0.1, 0.15) is 5.82 Å². The third kappa shape index (κ3) is 4.52. The van der Waals surface area contributed by atoms with Gasteiger partial charge in [-0.3, -0.25) is 4.72 Å². The van der Waals surface area contributed by atoms with Gasteiger partial charge in [0, 0.05) is 12.2 Å². The van der Waals surface area contributed by atoms with Crippen molar-refractivity contribution < 1.29 is 12.8 Å². The van der Waals surface area contributed by atoms with E-state index in [9.17, 15) is 12.8 Å². The van der Waals surface area contributed by atoms with E-state index >= 15 is 0 Å². The van der Waals surface area contributed by atoms with Gasteiger partial charge in [-0.15, -0.1) is 0 Å². The zero-order valence-corrected chi connectivity index (χ0v) is 13.4. The normalized spacial score (nSPS) is 11.4. The monoisotopic (exact) mass is 372 g/mol. The Labute approximate surface area is 131 Å². The molecule has 0 aliphatic rings. The van der Waals surface area contributed by atoms with Crippen molar-refractivity contribution in [2.45, 2.75) is 12.3 Å². The Kier molecular flexibility index (Phi) is 4.97. The number of sulfonamides is 1. The smallest absolute Gasteiger partial charge is 0.236 e. The molecule has 0 saturated carbocycles. The van der Waals surface area contributed by atoms with Gasteiger partial charge in [-0.1, -0.05) is 24.3 Å². The van der Waals surface area contributed by atoms with Crippen LogP contribution in [0, 0.1) is 5.82 Å². The van der Waals surface area contributed by atoms with Crippen molar-refractivity contribution in [3.8, 4) is 0 Å². The third-order valence-corrected chi connectivity index (χ3v) is 4.68. The molecule has 2 rings (SSSR count). The summed E-state index contributed by atoms with van der Waals surface area (Å²) in [5.74, 6) is -0.609. The first kappa shape index (κ1) is 15.9. The van der Waals surface area contributed by atoms with Gasteiger partial charge in [-0.05, 0) is 45.3 Å². The van der Waals surface area contributed by atoms with E-state index in [1.807, 2.05) is 0 Å². The highest BCUT2D eigenvalue weighted by Gasteiger charge is 2.12. The molecule has 0 unspecified atom stereocenters. The maximum absolute atomic E-state index is 13.1. The molecule has 0 spiro atoms. The van der Waals surface area contributed by atoms with Gasteiger partial charge in [0.05, 0.1) is 10.2 Å². The number of benzene rings is 2. The van der Waals surface area contributed by atoms with Gasteiger partial charge >= 0.3 is 0 Å². The Morgan fingerprint density at radius 2 is 1.71 bits per heavy atom. The van der Waals surface area contributed by atoms with E-state index in [2.05, 4.69) is 20.7 Å². The second-order valence-corrected chi connectivity index (χ2v) is 7.09. The summed E-state index contributed by atoms with van der Waals surface area (Å²) in [7, 11) is -3.56. The molecule has 0 aliphatic carbocycles. The van der Waals surface area contributed by atoms with Crippen molar-refractivity contribution in [3.63, 3.8) is 0 Å². The summed E-state index contributed by atoms with van der Waals surface area (Å²) >= 11 is 3.01. The van der Waals surface area contributed by atoms with E-state index in [0.29, 0.717) is 17.8 Å². The lowest BCUT2D eigenvalue weighted by molar-refractivity contribution is 0.600. The van der Waals surface area contributed by atoms with Gasteiger partial charge in [0.15, 0.2) is 0 Å². The molecule has 2 aromatic carbocycles. The minimum atomic E-state index is -3.56. The maximum Gasteiger partial charge on any atom is 0.236 e. The molecule has 0 saturated heterocycles. The average molecular weight is 373 g/mol. The molecule has 0 amide bonds. The van der Waals surface area contributed by atoms with Crippen molar-refractivity contribution >= 4 is 31.6 Å². The molecule has 112 valence electrons. The van der Waals surface area contributed by atoms with Crippen LogP contribution in [0.15, 0.2) is 46.9 Å². The van der Waals surface area contributed by atoms with Gasteiger partial charge in [-0.25, -0.2) is 12.8 Å². The molecule has 0 atom stereocenters. The maximum atomic E-state index is 13.1. The highest BCUT2D eigenvalue weighted by molar-refractivity contribution is 9.10. The third-order valence-electron chi connectivity index (χ3n) is 2.81. The fourth-order valence-corrected chi connectivity index (χ4v) is 3.33. The first-order valence-corrected chi connectivity index (χ1v) is 8.57. The summed E-state index contributed by atoms with van der Waals surface area (Å²) < 4.78 is 39.9. The summed E-state index contributed by atoms with van der Waals surface area (Å²) in [6, 6.07) is 11.0. The molecule has 2 aromatic rings. The first-order chi connectivity index (χ1) is 9.89. The molecule has 0 aliphatic heterocycles. The molecular formula is C14H14BrFN2O2S. The summed E-state index contributed by atoms with van der Waals surface area (Å²) in [4.78, 5) is 0. The molecule has 7 heteroatoms. The SMILES string of the molecule is NCc1ccc(CS(=O)(=O)Nc2ccc(F)c(Br)c2)cc1. The molecule has 0 radical (unpaired) electrons. The van der Waals surface area contributed by atoms with Crippen LogP contribution < -0.4 is 10.5 Å². The molecule has 0 aromatic heterocycles. The number of rotatable bonds is 5. The van der Waals surface area contributed by atoms with E-state index in [1.165, 1.54) is 18.2 Å². The number of halogens is 2. The molecule has 3 N–H and O–H groups in total. The topological polar surface area (TPSA) is 72.2 Å². The first-order valence-electron chi connectivity index (χ1n) is 6.13. The molecule has 21 heavy (non-hydrogen) atoms. The fourth-order valence-electron chi connectivity index (χ4n) is 1.77. The van der Waals surface area contributed by atoms with Crippen molar-refractivity contribution in [3.05, 3.63) is 63.9 Å². The van der Waals surface area contributed by atoms with Crippen LogP contribution in [-0.4, -0.2) is 8.42 Å². The predicted octanol–water partition coefficient (Wildman–Crippen LogP) is 2.99. The molecule has 4 nitrogen and oxygen atoms in total. The fraction of sp³-hybridized carbons (Fsp3) is 0.143. The number of nitrogens with one attached hydrogen (secondary N) is 1. The lowest BCUT2D eigenvalue weighted by Gasteiger charge is -2.09. The molecule has 0 bridgehead atoms. The Balaban J connectivity index is 2.12. The lowest BCUT2D eigenvalue weighted by Crippen LogP contribution is -2.15. The summed E-state index contributed by atoms with van der Waals surface area (Å²) in [5.41, 5.74) is 7.39. The van der Waals surface area contributed by atoms with Crippen LogP contribution in [0.4, 0.5) is 10.1 Å². The van der Waals surface area contributed by atoms with E-state index in [4.69, 9.17) is 5.73 Å². The number of nitrogens with two attached hydrogens (primary N) is 1. The highest BCUT2D eigenvalue weighted by Crippen LogP contribution is 2.21. The quantitative estimate of drug-likeness (QED) is 0.847. The van der Waals surface area contributed by atoms with Crippen LogP contribution >= 0.6 is 15.9 Å². The van der Waals surface area contributed by atoms with E-state index < -0.39 is 15.8 Å². The van der Waals surface area contributed by atoms with Crippen LogP contribution in [0.1, 0.15) is 11.1 Å². The largest absolute Gasteiger partial charge is 0.326 e. The second-order valence-electron chi connectivity index (χ2n) is 4.51. The second kappa shape index (κ2) is 6.55. The van der Waals surface area contributed by atoms with E-state index in [1.54, 1.807) is 24.3 Å². The zero-order chi connectivity index (χ0) is 15.5. The van der Waals surface area contributed by atoms with Crippen LogP contribution in [-0.2, 0) is 22.3 Å². The van der Waals surface area contributed by atoms with E-state index in [-0.39, 0.29) is 10.2 Å². The summed E-state index contributed by atoms with van der Waals surface area (Å²) in [6.45, 7) is 0.412. The number of anilines is 1. The predicted molar refractivity (Wildman–Crippen MR) is 84.7 cm³/mol. The highest BCUT2D eigenvalue weighted by atomic mass is 79.9. The minimum absolute atomic E-state index is 0.160. The minimum Gasteiger partial charge on any atom is -0.326 e. The van der Waals surface area contributed by atoms with Gasteiger partial charge in [0.2, 0.25) is 10.0 Å². The molecule has 0 heterocycles. The van der Waals surface area contributed by atoms with Gasteiger partial charge in [-0.2, -0.15) is 0 Å².